The Labute approximate surface area is 203 Å². The monoisotopic (exact) mass is 480 g/mol. The highest BCUT2D eigenvalue weighted by Gasteiger charge is 2.29. The zero-order chi connectivity index (χ0) is 25.2. The SMILES string of the molecule is Cn1cnc2c(Nc3cc(N[C@@H]4CCCC[C@@H]4NC(=O)OC(C)(C)C)nnc3C(N)=O)cccc21. The van der Waals surface area contributed by atoms with Gasteiger partial charge in [-0.2, -0.15) is 0 Å². The van der Waals surface area contributed by atoms with E-state index in [0.717, 1.165) is 36.7 Å². The second-order valence-corrected chi connectivity index (χ2v) is 9.80. The molecular formula is C24H32N8O3. The molecule has 0 bridgehead atoms. The van der Waals surface area contributed by atoms with Crippen LogP contribution in [0.3, 0.4) is 0 Å². The Bertz CT molecular complexity index is 1230. The van der Waals surface area contributed by atoms with Crippen molar-refractivity contribution < 1.29 is 14.3 Å². The number of alkyl carbamates (subject to hydrolysis) is 1. The van der Waals surface area contributed by atoms with Gasteiger partial charge < -0.3 is 31.0 Å². The number of nitrogens with two attached hydrogens (primary N) is 1. The van der Waals surface area contributed by atoms with Gasteiger partial charge in [-0.1, -0.05) is 18.9 Å². The molecule has 2 aromatic heterocycles. The van der Waals surface area contributed by atoms with Crippen molar-refractivity contribution in [2.45, 2.75) is 64.1 Å². The van der Waals surface area contributed by atoms with E-state index in [1.807, 2.05) is 50.6 Å². The zero-order valence-electron chi connectivity index (χ0n) is 20.5. The molecule has 2 atom stereocenters. The van der Waals surface area contributed by atoms with Crippen molar-refractivity contribution in [3.8, 4) is 0 Å². The van der Waals surface area contributed by atoms with Gasteiger partial charge in [0, 0.05) is 19.2 Å². The fourth-order valence-corrected chi connectivity index (χ4v) is 4.27. The minimum absolute atomic E-state index is 0.0237. The summed E-state index contributed by atoms with van der Waals surface area (Å²) in [5.74, 6) is -0.226. The number of amides is 2. The van der Waals surface area contributed by atoms with Crippen LogP contribution in [-0.4, -0.2) is 49.4 Å². The van der Waals surface area contributed by atoms with Gasteiger partial charge in [0.2, 0.25) is 0 Å². The summed E-state index contributed by atoms with van der Waals surface area (Å²) in [6.45, 7) is 5.50. The number of aromatic nitrogens is 4. The first-order valence-corrected chi connectivity index (χ1v) is 11.7. The minimum Gasteiger partial charge on any atom is -0.444 e. The lowest BCUT2D eigenvalue weighted by Crippen LogP contribution is -2.49. The third kappa shape index (κ3) is 5.79. The van der Waals surface area contributed by atoms with Crippen LogP contribution >= 0.6 is 0 Å². The molecule has 1 aromatic carbocycles. The Morgan fingerprint density at radius 1 is 1.11 bits per heavy atom. The molecule has 5 N–H and O–H groups in total. The van der Waals surface area contributed by atoms with Gasteiger partial charge in [-0.05, 0) is 45.7 Å². The standard InChI is InChI=1S/C24H32N8O3/c1-24(2,3)35-23(34)29-15-9-6-5-8-14(15)28-19-12-17(21(22(25)33)31-30-19)27-16-10-7-11-18-20(16)26-13-32(18)4/h7,10-15H,5-6,8-9H2,1-4H3,(H2,25,33)(H,29,34)(H2,27,28,30)/t14-,15+/m1/s1. The molecular weight excluding hydrogens is 448 g/mol. The van der Waals surface area contributed by atoms with Crippen molar-refractivity contribution in [2.24, 2.45) is 12.8 Å². The van der Waals surface area contributed by atoms with Crippen LogP contribution in [0.25, 0.3) is 11.0 Å². The first kappa shape index (κ1) is 24.2. The Hall–Kier alpha value is -3.89. The molecule has 0 saturated heterocycles. The molecule has 4 rings (SSSR count). The first-order chi connectivity index (χ1) is 16.6. The predicted molar refractivity (Wildman–Crippen MR) is 134 cm³/mol. The summed E-state index contributed by atoms with van der Waals surface area (Å²) in [4.78, 5) is 28.8. The predicted octanol–water partition coefficient (Wildman–Crippen LogP) is 3.45. The summed E-state index contributed by atoms with van der Waals surface area (Å²) in [6, 6.07) is 7.23. The van der Waals surface area contributed by atoms with Crippen LogP contribution < -0.4 is 21.7 Å². The molecule has 0 unspecified atom stereocenters. The van der Waals surface area contributed by atoms with Crippen LogP contribution in [0.4, 0.5) is 22.0 Å². The van der Waals surface area contributed by atoms with Gasteiger partial charge in [-0.25, -0.2) is 9.78 Å². The van der Waals surface area contributed by atoms with Gasteiger partial charge in [0.15, 0.2) is 11.5 Å². The molecule has 1 aliphatic rings. The Morgan fingerprint density at radius 2 is 1.86 bits per heavy atom. The number of benzene rings is 1. The van der Waals surface area contributed by atoms with E-state index in [1.54, 1.807) is 12.4 Å². The van der Waals surface area contributed by atoms with Crippen molar-refractivity contribution in [2.75, 3.05) is 10.6 Å². The molecule has 11 nitrogen and oxygen atoms in total. The molecule has 0 aliphatic heterocycles. The number of fused-ring (bicyclic) bond motifs is 1. The van der Waals surface area contributed by atoms with Crippen LogP contribution in [0.1, 0.15) is 56.9 Å². The van der Waals surface area contributed by atoms with Crippen molar-refractivity contribution in [3.63, 3.8) is 0 Å². The van der Waals surface area contributed by atoms with E-state index in [4.69, 9.17) is 10.5 Å². The average Bonchev–Trinajstić information content (AvgIpc) is 3.16. The number of carbonyl (C=O) groups excluding carboxylic acids is 2. The van der Waals surface area contributed by atoms with Gasteiger partial charge in [-0.3, -0.25) is 4.79 Å². The summed E-state index contributed by atoms with van der Waals surface area (Å²) in [6.07, 6.45) is 4.96. The molecule has 186 valence electrons. The van der Waals surface area contributed by atoms with Gasteiger partial charge in [0.05, 0.1) is 29.3 Å². The van der Waals surface area contributed by atoms with Gasteiger partial charge in [0.1, 0.15) is 11.1 Å². The highest BCUT2D eigenvalue weighted by atomic mass is 16.6. The molecule has 1 fully saturated rings. The molecule has 3 aromatic rings. The fraction of sp³-hybridized carbons (Fsp3) is 0.458. The van der Waals surface area contributed by atoms with E-state index in [-0.39, 0.29) is 17.8 Å². The second-order valence-electron chi connectivity index (χ2n) is 9.80. The van der Waals surface area contributed by atoms with Crippen LogP contribution in [0.5, 0.6) is 0 Å². The molecule has 1 aliphatic carbocycles. The zero-order valence-corrected chi connectivity index (χ0v) is 20.5. The number of nitrogens with zero attached hydrogens (tertiary/aromatic N) is 4. The van der Waals surface area contributed by atoms with E-state index in [1.165, 1.54) is 0 Å². The van der Waals surface area contributed by atoms with Crippen LogP contribution in [-0.2, 0) is 11.8 Å². The average molecular weight is 481 g/mol. The summed E-state index contributed by atoms with van der Waals surface area (Å²) in [7, 11) is 1.91. The lowest BCUT2D eigenvalue weighted by Gasteiger charge is -2.33. The third-order valence-corrected chi connectivity index (χ3v) is 5.85. The van der Waals surface area contributed by atoms with E-state index in [2.05, 4.69) is 31.1 Å². The smallest absolute Gasteiger partial charge is 0.407 e. The lowest BCUT2D eigenvalue weighted by atomic mass is 9.90. The van der Waals surface area contributed by atoms with Crippen molar-refractivity contribution in [1.29, 1.82) is 0 Å². The molecule has 11 heteroatoms. The highest BCUT2D eigenvalue weighted by molar-refractivity contribution is 5.99. The van der Waals surface area contributed by atoms with E-state index in [9.17, 15) is 9.59 Å². The number of nitrogens with one attached hydrogen (secondary N) is 3. The number of imidazole rings is 1. The van der Waals surface area contributed by atoms with Crippen LogP contribution in [0.2, 0.25) is 0 Å². The Morgan fingerprint density at radius 3 is 2.57 bits per heavy atom. The Kier molecular flexibility index (Phi) is 6.77. The summed E-state index contributed by atoms with van der Waals surface area (Å²) >= 11 is 0. The van der Waals surface area contributed by atoms with Crippen molar-refractivity contribution >= 4 is 40.2 Å². The number of carbonyl (C=O) groups is 2. The molecule has 2 heterocycles. The second kappa shape index (κ2) is 9.77. The molecule has 2 amide bonds. The fourth-order valence-electron chi connectivity index (χ4n) is 4.27. The quantitative estimate of drug-likeness (QED) is 0.419. The van der Waals surface area contributed by atoms with Gasteiger partial charge in [-0.15, -0.1) is 10.2 Å². The molecule has 35 heavy (non-hydrogen) atoms. The van der Waals surface area contributed by atoms with E-state index >= 15 is 0 Å². The van der Waals surface area contributed by atoms with Crippen LogP contribution in [0.15, 0.2) is 30.6 Å². The summed E-state index contributed by atoms with van der Waals surface area (Å²) in [5.41, 5.74) is 7.84. The van der Waals surface area contributed by atoms with Crippen molar-refractivity contribution in [1.82, 2.24) is 25.1 Å². The number of primary amides is 1. The highest BCUT2D eigenvalue weighted by Crippen LogP contribution is 2.28. The summed E-state index contributed by atoms with van der Waals surface area (Å²) in [5, 5.41) is 17.8. The summed E-state index contributed by atoms with van der Waals surface area (Å²) < 4.78 is 7.34. The molecule has 1 saturated carbocycles. The number of hydrogen-bond acceptors (Lipinski definition) is 8. The van der Waals surface area contributed by atoms with Crippen molar-refractivity contribution in [3.05, 3.63) is 36.3 Å². The molecule has 0 spiro atoms. The maximum atomic E-state index is 12.4. The number of para-hydroxylation sites is 1. The normalized spacial score (nSPS) is 18.2. The van der Waals surface area contributed by atoms with Gasteiger partial charge in [0.25, 0.3) is 5.91 Å². The number of aryl methyl sites for hydroxylation is 1. The van der Waals surface area contributed by atoms with E-state index < -0.39 is 17.6 Å². The third-order valence-electron chi connectivity index (χ3n) is 5.85. The van der Waals surface area contributed by atoms with E-state index in [0.29, 0.717) is 17.2 Å². The molecule has 0 radical (unpaired) electrons. The maximum Gasteiger partial charge on any atom is 0.407 e. The largest absolute Gasteiger partial charge is 0.444 e. The first-order valence-electron chi connectivity index (χ1n) is 11.7. The topological polar surface area (TPSA) is 149 Å². The van der Waals surface area contributed by atoms with Crippen LogP contribution in [0, 0.1) is 0 Å². The number of anilines is 3. The lowest BCUT2D eigenvalue weighted by molar-refractivity contribution is 0.0488. The maximum absolute atomic E-state index is 12.4. The minimum atomic E-state index is -0.693. The Balaban J connectivity index is 1.56. The number of hydrogen-bond donors (Lipinski definition) is 4. The van der Waals surface area contributed by atoms with Gasteiger partial charge >= 0.3 is 6.09 Å². The number of ether oxygens (including phenoxy) is 1. The number of rotatable bonds is 6.